The van der Waals surface area contributed by atoms with Crippen molar-refractivity contribution in [1.29, 1.82) is 0 Å². The zero-order valence-electron chi connectivity index (χ0n) is 12.2. The first-order valence-corrected chi connectivity index (χ1v) is 7.23. The monoisotopic (exact) mass is 260 g/mol. The summed E-state index contributed by atoms with van der Waals surface area (Å²) < 4.78 is 2.33. The fraction of sp³-hybridized carbons (Fsp3) is 0.600. The van der Waals surface area contributed by atoms with Crippen LogP contribution in [0.15, 0.2) is 18.5 Å². The highest BCUT2D eigenvalue weighted by Crippen LogP contribution is 2.32. The summed E-state index contributed by atoms with van der Waals surface area (Å²) in [4.78, 5) is 9.02. The van der Waals surface area contributed by atoms with Gasteiger partial charge in [-0.2, -0.15) is 0 Å². The molecule has 4 nitrogen and oxygen atoms in total. The Hall–Kier alpha value is -1.42. The molecule has 0 aliphatic heterocycles. The molecule has 0 saturated carbocycles. The summed E-state index contributed by atoms with van der Waals surface area (Å²) in [5.41, 5.74) is 8.21. The van der Waals surface area contributed by atoms with Gasteiger partial charge in [0.15, 0.2) is 0 Å². The highest BCUT2D eigenvalue weighted by Gasteiger charge is 2.32. The van der Waals surface area contributed by atoms with Gasteiger partial charge in [0.05, 0.1) is 11.7 Å². The average molecular weight is 260 g/mol. The Bertz CT molecular complexity index is 532. The van der Waals surface area contributed by atoms with Crippen molar-refractivity contribution < 1.29 is 0 Å². The van der Waals surface area contributed by atoms with Crippen molar-refractivity contribution in [3.63, 3.8) is 0 Å². The number of hydrogen-bond acceptors (Lipinski definition) is 3. The maximum atomic E-state index is 6.08. The molecule has 0 aliphatic carbocycles. The molecule has 0 atom stereocenters. The second-order valence-corrected chi connectivity index (χ2v) is 5.14. The summed E-state index contributed by atoms with van der Waals surface area (Å²) in [6.45, 7) is 8.21. The Morgan fingerprint density at radius 2 is 2.00 bits per heavy atom. The third kappa shape index (κ3) is 2.25. The van der Waals surface area contributed by atoms with E-state index >= 15 is 0 Å². The predicted octanol–water partition coefficient (Wildman–Crippen LogP) is 2.86. The molecule has 104 valence electrons. The molecular formula is C15H24N4. The zero-order chi connectivity index (χ0) is 13.9. The van der Waals surface area contributed by atoms with Crippen molar-refractivity contribution >= 4 is 11.0 Å². The van der Waals surface area contributed by atoms with Gasteiger partial charge in [-0.15, -0.1) is 0 Å². The van der Waals surface area contributed by atoms with E-state index in [1.165, 1.54) is 5.52 Å². The van der Waals surface area contributed by atoms with E-state index in [4.69, 9.17) is 10.7 Å². The average Bonchev–Trinajstić information content (AvgIpc) is 2.82. The minimum Gasteiger partial charge on any atom is -0.329 e. The second-order valence-electron chi connectivity index (χ2n) is 5.14. The molecule has 0 bridgehead atoms. The lowest BCUT2D eigenvalue weighted by Gasteiger charge is -2.30. The summed E-state index contributed by atoms with van der Waals surface area (Å²) in [5, 5.41) is 0. The molecule has 0 saturated heterocycles. The van der Waals surface area contributed by atoms with Crippen molar-refractivity contribution in [2.45, 2.75) is 52.0 Å². The Balaban J connectivity index is 2.67. The van der Waals surface area contributed by atoms with E-state index in [2.05, 4.69) is 30.3 Å². The summed E-state index contributed by atoms with van der Waals surface area (Å²) >= 11 is 0. The molecule has 0 fully saturated rings. The van der Waals surface area contributed by atoms with Crippen LogP contribution in [-0.4, -0.2) is 21.1 Å². The van der Waals surface area contributed by atoms with Gasteiger partial charge in [-0.25, -0.2) is 4.98 Å². The molecule has 0 spiro atoms. The summed E-state index contributed by atoms with van der Waals surface area (Å²) in [5.74, 6) is 1.13. The number of nitrogens with two attached hydrogens (primary N) is 1. The number of rotatable bonds is 6. The first kappa shape index (κ1) is 14.0. The van der Waals surface area contributed by atoms with Gasteiger partial charge < -0.3 is 10.3 Å². The number of aromatic nitrogens is 3. The highest BCUT2D eigenvalue weighted by atomic mass is 15.1. The van der Waals surface area contributed by atoms with E-state index in [-0.39, 0.29) is 5.41 Å². The molecule has 0 amide bonds. The fourth-order valence-corrected chi connectivity index (χ4v) is 2.78. The molecule has 0 aromatic carbocycles. The van der Waals surface area contributed by atoms with Gasteiger partial charge in [-0.3, -0.25) is 4.98 Å². The van der Waals surface area contributed by atoms with Gasteiger partial charge in [0.2, 0.25) is 0 Å². The standard InChI is InChI=1S/C15H24N4/c1-4-9-19-13-7-8-17-10-12(13)18-14(19)15(5-2,6-3)11-16/h7-8,10H,4-6,9,11,16H2,1-3H3. The van der Waals surface area contributed by atoms with Crippen molar-refractivity contribution in [2.75, 3.05) is 6.54 Å². The lowest BCUT2D eigenvalue weighted by Crippen LogP contribution is -2.36. The van der Waals surface area contributed by atoms with E-state index < -0.39 is 0 Å². The van der Waals surface area contributed by atoms with E-state index in [1.54, 1.807) is 0 Å². The maximum Gasteiger partial charge on any atom is 0.117 e. The van der Waals surface area contributed by atoms with E-state index in [0.717, 1.165) is 37.1 Å². The van der Waals surface area contributed by atoms with Crippen LogP contribution >= 0.6 is 0 Å². The van der Waals surface area contributed by atoms with Crippen LogP contribution in [0.4, 0.5) is 0 Å². The van der Waals surface area contributed by atoms with Crippen molar-refractivity contribution in [3.8, 4) is 0 Å². The van der Waals surface area contributed by atoms with Crippen LogP contribution in [0.25, 0.3) is 11.0 Å². The molecule has 2 rings (SSSR count). The second kappa shape index (κ2) is 5.70. The predicted molar refractivity (Wildman–Crippen MR) is 79.1 cm³/mol. The molecule has 2 aromatic heterocycles. The van der Waals surface area contributed by atoms with Crippen LogP contribution in [0.2, 0.25) is 0 Å². The molecular weight excluding hydrogens is 236 g/mol. The van der Waals surface area contributed by atoms with Gasteiger partial charge in [0, 0.05) is 24.7 Å². The Morgan fingerprint density at radius 1 is 1.26 bits per heavy atom. The molecule has 2 N–H and O–H groups in total. The van der Waals surface area contributed by atoms with E-state index in [0.29, 0.717) is 6.54 Å². The first-order valence-electron chi connectivity index (χ1n) is 7.23. The smallest absolute Gasteiger partial charge is 0.117 e. The zero-order valence-corrected chi connectivity index (χ0v) is 12.2. The molecule has 4 heteroatoms. The quantitative estimate of drug-likeness (QED) is 0.869. The lowest BCUT2D eigenvalue weighted by atomic mass is 9.81. The molecule has 2 aromatic rings. The lowest BCUT2D eigenvalue weighted by molar-refractivity contribution is 0.366. The van der Waals surface area contributed by atoms with Gasteiger partial charge in [0.1, 0.15) is 11.3 Å². The largest absolute Gasteiger partial charge is 0.329 e. The maximum absolute atomic E-state index is 6.08. The summed E-state index contributed by atoms with van der Waals surface area (Å²) in [6, 6.07) is 2.05. The van der Waals surface area contributed by atoms with Crippen LogP contribution in [0.3, 0.4) is 0 Å². The number of imidazole rings is 1. The minimum absolute atomic E-state index is 0.0197. The first-order chi connectivity index (χ1) is 9.22. The Labute approximate surface area is 115 Å². The van der Waals surface area contributed by atoms with Gasteiger partial charge in [0.25, 0.3) is 0 Å². The number of pyridine rings is 1. The molecule has 19 heavy (non-hydrogen) atoms. The number of aryl methyl sites for hydroxylation is 1. The minimum atomic E-state index is -0.0197. The van der Waals surface area contributed by atoms with Gasteiger partial charge in [-0.05, 0) is 25.3 Å². The fourth-order valence-electron chi connectivity index (χ4n) is 2.78. The van der Waals surface area contributed by atoms with Gasteiger partial charge >= 0.3 is 0 Å². The number of nitrogens with zero attached hydrogens (tertiary/aromatic N) is 3. The highest BCUT2D eigenvalue weighted by molar-refractivity contribution is 5.75. The summed E-state index contributed by atoms with van der Waals surface area (Å²) in [7, 11) is 0. The molecule has 2 heterocycles. The van der Waals surface area contributed by atoms with E-state index in [1.807, 2.05) is 18.5 Å². The normalized spacial score (nSPS) is 12.2. The Kier molecular flexibility index (Phi) is 4.20. The molecule has 0 aliphatic rings. The third-order valence-corrected chi connectivity index (χ3v) is 4.22. The SMILES string of the molecule is CCCn1c(C(CC)(CC)CN)nc2cnccc21. The number of fused-ring (bicyclic) bond motifs is 1. The third-order valence-electron chi connectivity index (χ3n) is 4.22. The van der Waals surface area contributed by atoms with Gasteiger partial charge in [-0.1, -0.05) is 20.8 Å². The van der Waals surface area contributed by atoms with Crippen LogP contribution < -0.4 is 5.73 Å². The molecule has 0 unspecified atom stereocenters. The van der Waals surface area contributed by atoms with Crippen LogP contribution in [0.1, 0.15) is 45.9 Å². The van der Waals surface area contributed by atoms with Crippen molar-refractivity contribution in [3.05, 3.63) is 24.3 Å². The summed E-state index contributed by atoms with van der Waals surface area (Å²) in [6.07, 6.45) is 6.80. The van der Waals surface area contributed by atoms with Crippen LogP contribution in [-0.2, 0) is 12.0 Å². The number of hydrogen-bond donors (Lipinski definition) is 1. The van der Waals surface area contributed by atoms with Crippen LogP contribution in [0.5, 0.6) is 0 Å². The Morgan fingerprint density at radius 3 is 2.58 bits per heavy atom. The topological polar surface area (TPSA) is 56.7 Å². The van der Waals surface area contributed by atoms with Crippen molar-refractivity contribution in [1.82, 2.24) is 14.5 Å². The van der Waals surface area contributed by atoms with Crippen LogP contribution in [0, 0.1) is 0 Å². The molecule has 0 radical (unpaired) electrons. The van der Waals surface area contributed by atoms with Crippen molar-refractivity contribution in [2.24, 2.45) is 5.73 Å². The van der Waals surface area contributed by atoms with E-state index in [9.17, 15) is 0 Å².